The van der Waals surface area contributed by atoms with E-state index in [4.69, 9.17) is 5.26 Å². The first kappa shape index (κ1) is 14.8. The van der Waals surface area contributed by atoms with Gasteiger partial charge in [-0.15, -0.1) is 0 Å². The van der Waals surface area contributed by atoms with Gasteiger partial charge in [0.15, 0.2) is 0 Å². The molecule has 0 aromatic carbocycles. The first-order chi connectivity index (χ1) is 10.8. The summed E-state index contributed by atoms with van der Waals surface area (Å²) in [5.41, 5.74) is 0.599. The van der Waals surface area contributed by atoms with Gasteiger partial charge in [0.2, 0.25) is 5.91 Å². The molecule has 1 aromatic heterocycles. The third kappa shape index (κ3) is 3.38. The van der Waals surface area contributed by atoms with Crippen LogP contribution in [0.5, 0.6) is 0 Å². The normalized spacial score (nSPS) is 20.0. The molecule has 2 saturated heterocycles. The molecule has 2 aliphatic heterocycles. The Morgan fingerprint density at radius 2 is 2.05 bits per heavy atom. The molecule has 3 heterocycles. The fourth-order valence-corrected chi connectivity index (χ4v) is 3.35. The minimum Gasteiger partial charge on any atom is -0.357 e. The zero-order valence-corrected chi connectivity index (χ0v) is 12.9. The Kier molecular flexibility index (Phi) is 4.57. The van der Waals surface area contributed by atoms with Crippen molar-refractivity contribution in [3.63, 3.8) is 0 Å². The van der Waals surface area contributed by atoms with Crippen LogP contribution in [-0.4, -0.2) is 42.0 Å². The van der Waals surface area contributed by atoms with Gasteiger partial charge in [0, 0.05) is 38.8 Å². The predicted molar refractivity (Wildman–Crippen MR) is 84.3 cm³/mol. The molecule has 0 spiro atoms. The van der Waals surface area contributed by atoms with Crippen LogP contribution >= 0.6 is 0 Å². The number of hydrogen-bond donors (Lipinski definition) is 0. The van der Waals surface area contributed by atoms with E-state index >= 15 is 0 Å². The molecule has 2 aliphatic rings. The van der Waals surface area contributed by atoms with Gasteiger partial charge in [0.1, 0.15) is 11.9 Å². The molecule has 0 atom stereocenters. The molecule has 5 nitrogen and oxygen atoms in total. The standard InChI is InChI=1S/C17H22N4O/c18-11-15-4-5-16(19-12-15)20-9-6-14(7-10-20)13-21-8-2-1-3-17(21)22/h4-5,12,14H,1-3,6-10,13H2. The lowest BCUT2D eigenvalue weighted by atomic mass is 9.95. The van der Waals surface area contributed by atoms with Crippen LogP contribution in [0.1, 0.15) is 37.7 Å². The molecule has 1 aromatic rings. The van der Waals surface area contributed by atoms with E-state index in [9.17, 15) is 4.79 Å². The van der Waals surface area contributed by atoms with Crippen molar-refractivity contribution in [2.45, 2.75) is 32.1 Å². The Labute approximate surface area is 131 Å². The number of amides is 1. The fraction of sp³-hybridized carbons (Fsp3) is 0.588. The van der Waals surface area contributed by atoms with E-state index in [-0.39, 0.29) is 0 Å². The number of piperidine rings is 2. The van der Waals surface area contributed by atoms with Crippen LogP contribution < -0.4 is 4.90 Å². The van der Waals surface area contributed by atoms with Gasteiger partial charge in [-0.05, 0) is 43.7 Å². The van der Waals surface area contributed by atoms with Crippen LogP contribution in [0.15, 0.2) is 18.3 Å². The Hall–Kier alpha value is -2.09. The number of hydrogen-bond acceptors (Lipinski definition) is 4. The number of carbonyl (C=O) groups excluding carboxylic acids is 1. The number of carbonyl (C=O) groups is 1. The molecule has 22 heavy (non-hydrogen) atoms. The van der Waals surface area contributed by atoms with E-state index in [1.807, 2.05) is 12.1 Å². The summed E-state index contributed by atoms with van der Waals surface area (Å²) in [6, 6.07) is 5.84. The van der Waals surface area contributed by atoms with Gasteiger partial charge >= 0.3 is 0 Å². The highest BCUT2D eigenvalue weighted by Gasteiger charge is 2.25. The van der Waals surface area contributed by atoms with E-state index < -0.39 is 0 Å². The van der Waals surface area contributed by atoms with Gasteiger partial charge in [-0.3, -0.25) is 4.79 Å². The molecule has 0 unspecified atom stereocenters. The van der Waals surface area contributed by atoms with Gasteiger partial charge in [-0.25, -0.2) is 4.98 Å². The van der Waals surface area contributed by atoms with Crippen molar-refractivity contribution in [1.29, 1.82) is 5.26 Å². The highest BCUT2D eigenvalue weighted by Crippen LogP contribution is 2.24. The number of anilines is 1. The Bertz CT molecular complexity index is 555. The monoisotopic (exact) mass is 298 g/mol. The summed E-state index contributed by atoms with van der Waals surface area (Å²) in [7, 11) is 0. The van der Waals surface area contributed by atoms with Gasteiger partial charge in [0.25, 0.3) is 0 Å². The van der Waals surface area contributed by atoms with Crippen LogP contribution in [0.3, 0.4) is 0 Å². The minimum atomic E-state index is 0.336. The highest BCUT2D eigenvalue weighted by atomic mass is 16.2. The number of nitriles is 1. The molecule has 116 valence electrons. The molecule has 5 heteroatoms. The van der Waals surface area contributed by atoms with Crippen molar-refractivity contribution in [1.82, 2.24) is 9.88 Å². The van der Waals surface area contributed by atoms with Crippen LogP contribution in [0.2, 0.25) is 0 Å². The van der Waals surface area contributed by atoms with Crippen molar-refractivity contribution in [2.24, 2.45) is 5.92 Å². The Morgan fingerprint density at radius 1 is 1.23 bits per heavy atom. The molecule has 3 rings (SSSR count). The number of rotatable bonds is 3. The second-order valence-electron chi connectivity index (χ2n) is 6.24. The smallest absolute Gasteiger partial charge is 0.222 e. The highest BCUT2D eigenvalue weighted by molar-refractivity contribution is 5.76. The SMILES string of the molecule is N#Cc1ccc(N2CCC(CN3CCCCC3=O)CC2)nc1. The van der Waals surface area contributed by atoms with Crippen molar-refractivity contribution in [3.05, 3.63) is 23.9 Å². The zero-order valence-electron chi connectivity index (χ0n) is 12.9. The average molecular weight is 298 g/mol. The van der Waals surface area contributed by atoms with Crippen LogP contribution in [0, 0.1) is 17.2 Å². The molecular weight excluding hydrogens is 276 g/mol. The topological polar surface area (TPSA) is 60.2 Å². The second kappa shape index (κ2) is 6.78. The number of pyridine rings is 1. The largest absolute Gasteiger partial charge is 0.357 e. The van der Waals surface area contributed by atoms with Gasteiger partial charge < -0.3 is 9.80 Å². The molecular formula is C17H22N4O. The first-order valence-corrected chi connectivity index (χ1v) is 8.15. The van der Waals surface area contributed by atoms with Crippen LogP contribution in [0.4, 0.5) is 5.82 Å². The third-order valence-corrected chi connectivity index (χ3v) is 4.72. The summed E-state index contributed by atoms with van der Waals surface area (Å²) in [6.45, 7) is 3.82. The van der Waals surface area contributed by atoms with Crippen molar-refractivity contribution < 1.29 is 4.79 Å². The zero-order chi connectivity index (χ0) is 15.4. The third-order valence-electron chi connectivity index (χ3n) is 4.72. The lowest BCUT2D eigenvalue weighted by Gasteiger charge is -2.36. The summed E-state index contributed by atoms with van der Waals surface area (Å²) < 4.78 is 0. The van der Waals surface area contributed by atoms with Gasteiger partial charge in [-0.2, -0.15) is 5.26 Å². The van der Waals surface area contributed by atoms with Gasteiger partial charge in [-0.1, -0.05) is 0 Å². The molecule has 2 fully saturated rings. The lowest BCUT2D eigenvalue weighted by Crippen LogP contribution is -2.42. The molecule has 0 N–H and O–H groups in total. The fourth-order valence-electron chi connectivity index (χ4n) is 3.35. The molecule has 1 amide bonds. The first-order valence-electron chi connectivity index (χ1n) is 8.15. The molecule has 0 saturated carbocycles. The summed E-state index contributed by atoms with van der Waals surface area (Å²) >= 11 is 0. The quantitative estimate of drug-likeness (QED) is 0.858. The predicted octanol–water partition coefficient (Wildman–Crippen LogP) is 2.18. The molecule has 0 aliphatic carbocycles. The van der Waals surface area contributed by atoms with Crippen molar-refractivity contribution in [3.8, 4) is 6.07 Å². The van der Waals surface area contributed by atoms with Crippen molar-refractivity contribution in [2.75, 3.05) is 31.1 Å². The summed E-state index contributed by atoms with van der Waals surface area (Å²) in [4.78, 5) is 20.6. The van der Waals surface area contributed by atoms with E-state index in [0.29, 0.717) is 17.4 Å². The Morgan fingerprint density at radius 3 is 2.68 bits per heavy atom. The van der Waals surface area contributed by atoms with Crippen LogP contribution in [0.25, 0.3) is 0 Å². The van der Waals surface area contributed by atoms with E-state index in [0.717, 1.165) is 64.1 Å². The minimum absolute atomic E-state index is 0.336. The lowest BCUT2D eigenvalue weighted by molar-refractivity contribution is -0.134. The average Bonchev–Trinajstić information content (AvgIpc) is 2.58. The maximum absolute atomic E-state index is 11.9. The number of aromatic nitrogens is 1. The maximum Gasteiger partial charge on any atom is 0.222 e. The second-order valence-corrected chi connectivity index (χ2v) is 6.24. The number of nitrogens with zero attached hydrogens (tertiary/aromatic N) is 4. The number of likely N-dealkylation sites (tertiary alicyclic amines) is 1. The maximum atomic E-state index is 11.9. The van der Waals surface area contributed by atoms with E-state index in [1.165, 1.54) is 0 Å². The summed E-state index contributed by atoms with van der Waals surface area (Å²) in [5.74, 6) is 1.89. The Balaban J connectivity index is 1.51. The van der Waals surface area contributed by atoms with Crippen LogP contribution in [-0.2, 0) is 4.79 Å². The van der Waals surface area contributed by atoms with E-state index in [2.05, 4.69) is 20.9 Å². The summed E-state index contributed by atoms with van der Waals surface area (Å²) in [5, 5.41) is 8.81. The van der Waals surface area contributed by atoms with E-state index in [1.54, 1.807) is 6.20 Å². The van der Waals surface area contributed by atoms with Crippen molar-refractivity contribution >= 4 is 11.7 Å². The summed E-state index contributed by atoms with van der Waals surface area (Å²) in [6.07, 6.45) is 6.77. The van der Waals surface area contributed by atoms with Gasteiger partial charge in [0.05, 0.1) is 5.56 Å². The molecule has 0 radical (unpaired) electrons. The molecule has 0 bridgehead atoms.